The third kappa shape index (κ3) is 31.6. The number of nitrogens with zero attached hydrogens (tertiary/aromatic N) is 1. The molecule has 10 heteroatoms. The lowest BCUT2D eigenvalue weighted by Crippen LogP contribution is -2.42. The summed E-state index contributed by atoms with van der Waals surface area (Å²) in [4.78, 5) is 36.4. The molecule has 0 aromatic rings. The van der Waals surface area contributed by atoms with Crippen molar-refractivity contribution in [3.8, 4) is 0 Å². The van der Waals surface area contributed by atoms with Gasteiger partial charge in [0.2, 0.25) is 0 Å². The highest BCUT2D eigenvalue weighted by atomic mass is 31.2. The normalized spacial score (nSPS) is 14.5. The van der Waals surface area contributed by atoms with Crippen LogP contribution < -0.4 is 0 Å². The molecule has 0 aromatic heterocycles. The van der Waals surface area contributed by atoms with E-state index in [1.165, 1.54) is 83.5 Å². The molecule has 2 unspecified atom stereocenters. The Hall–Kier alpha value is -1.09. The molecule has 0 fully saturated rings. The van der Waals surface area contributed by atoms with Crippen molar-refractivity contribution in [2.45, 2.75) is 193 Å². The second-order valence-electron chi connectivity index (χ2n) is 15.1. The van der Waals surface area contributed by atoms with Crippen molar-refractivity contribution in [3.05, 3.63) is 12.2 Å². The molecule has 0 aromatic carbocycles. The zero-order valence-electron chi connectivity index (χ0n) is 33.1. The summed E-state index contributed by atoms with van der Waals surface area (Å²) in [5.74, 6) is -1.03. The Bertz CT molecular complexity index is 891. The molecule has 0 rings (SSSR count). The number of hydrogen-bond donors (Lipinski definition) is 2. The number of phosphoric acid groups is 1. The van der Waals surface area contributed by atoms with Gasteiger partial charge in [0, 0.05) is 12.8 Å². The Morgan fingerprint density at radius 3 is 1.52 bits per heavy atom. The Morgan fingerprint density at radius 2 is 1.08 bits per heavy atom. The first-order valence-corrected chi connectivity index (χ1v) is 21.9. The first kappa shape index (κ1) is 48.9. The molecule has 0 saturated carbocycles. The minimum atomic E-state index is -4.66. The molecule has 9 nitrogen and oxygen atoms in total. The average molecular weight is 733 g/mol. The molecule has 296 valence electrons. The number of unbranched alkanes of at least 4 members (excludes halogenated alkanes) is 21. The largest absolute Gasteiger partial charge is 0.473 e. The number of likely N-dealkylation sites (N-methyl/N-ethyl adjacent to an activating group) is 1. The number of esters is 1. The zero-order chi connectivity index (χ0) is 37.4. The topological polar surface area (TPSA) is 119 Å². The lowest BCUT2D eigenvalue weighted by Gasteiger charge is -2.27. The van der Waals surface area contributed by atoms with Gasteiger partial charge in [-0.1, -0.05) is 142 Å². The van der Waals surface area contributed by atoms with Crippen LogP contribution in [0.4, 0.5) is 0 Å². The van der Waals surface area contributed by atoms with Gasteiger partial charge in [0.1, 0.15) is 13.2 Å². The number of carbonyl (C=O) groups is 2. The number of phosphoric ester groups is 1. The second-order valence-corrected chi connectivity index (χ2v) is 16.5. The average Bonchev–Trinajstić information content (AvgIpc) is 3.06. The molecule has 0 saturated heterocycles. The summed E-state index contributed by atoms with van der Waals surface area (Å²) in [5, 5.41) is 10.1. The third-order valence-electron chi connectivity index (χ3n) is 9.05. The number of allylic oxidation sites excluding steroid dienone is 2. The number of quaternary nitrogens is 1. The van der Waals surface area contributed by atoms with Gasteiger partial charge in [0.25, 0.3) is 0 Å². The fourth-order valence-corrected chi connectivity index (χ4v) is 6.72. The van der Waals surface area contributed by atoms with Gasteiger partial charge >= 0.3 is 13.8 Å². The smallest absolute Gasteiger partial charge is 0.457 e. The minimum Gasteiger partial charge on any atom is -0.457 e. The molecule has 0 aliphatic rings. The summed E-state index contributed by atoms with van der Waals surface area (Å²) in [7, 11) is 1.10. The molecule has 3 atom stereocenters. The molecule has 0 radical (unpaired) electrons. The van der Waals surface area contributed by atoms with Gasteiger partial charge in [-0.25, -0.2) is 4.57 Å². The maximum Gasteiger partial charge on any atom is 0.473 e. The van der Waals surface area contributed by atoms with Gasteiger partial charge in [0.05, 0.1) is 27.7 Å². The monoisotopic (exact) mass is 733 g/mol. The molecule has 0 bridgehead atoms. The molecule has 0 aliphatic carbocycles. The number of carbonyl (C=O) groups excluding carboxylic acids is 2. The van der Waals surface area contributed by atoms with E-state index in [-0.39, 0.29) is 19.4 Å². The summed E-state index contributed by atoms with van der Waals surface area (Å²) >= 11 is 0. The lowest BCUT2D eigenvalue weighted by atomic mass is 10.0. The Morgan fingerprint density at radius 1 is 0.660 bits per heavy atom. The van der Waals surface area contributed by atoms with Crippen molar-refractivity contribution in [2.24, 2.45) is 0 Å². The van der Waals surface area contributed by atoms with E-state index < -0.39 is 38.4 Å². The second kappa shape index (κ2) is 32.6. The molecule has 0 aliphatic heterocycles. The van der Waals surface area contributed by atoms with Crippen LogP contribution in [0.15, 0.2) is 12.2 Å². The Labute approximate surface area is 307 Å². The van der Waals surface area contributed by atoms with Crippen molar-refractivity contribution in [2.75, 3.05) is 40.9 Å². The van der Waals surface area contributed by atoms with Crippen molar-refractivity contribution in [3.63, 3.8) is 0 Å². The van der Waals surface area contributed by atoms with Crippen LogP contribution in [-0.2, 0) is 27.9 Å². The van der Waals surface area contributed by atoms with Gasteiger partial charge in [-0.2, -0.15) is 0 Å². The standard InChI is InChI=1S/C40H78NO8P/c1-6-8-10-12-14-16-18-19-20-21-23-24-26-28-30-32-37(43)40(49-50(45,46)47-35-34-41(3,4)5)38(36-42)48-39(44)33-31-29-27-25-22-17-15-13-11-9-7-2/h19-20,38,40,42H,6-18,21-36H2,1-5H3/p+1/b20-19-/t38-,40?/m0/s1. The van der Waals surface area contributed by atoms with Gasteiger partial charge in [-0.3, -0.25) is 18.6 Å². The first-order valence-electron chi connectivity index (χ1n) is 20.4. The minimum absolute atomic E-state index is 0.0607. The van der Waals surface area contributed by atoms with E-state index in [2.05, 4.69) is 26.0 Å². The first-order chi connectivity index (χ1) is 24.0. The van der Waals surface area contributed by atoms with E-state index in [0.717, 1.165) is 57.8 Å². The highest BCUT2D eigenvalue weighted by Crippen LogP contribution is 2.45. The van der Waals surface area contributed by atoms with Gasteiger partial charge in [-0.15, -0.1) is 0 Å². The number of aliphatic hydroxyl groups excluding tert-OH is 1. The number of ether oxygens (including phenoxy) is 1. The van der Waals surface area contributed by atoms with Crippen molar-refractivity contribution in [1.29, 1.82) is 0 Å². The highest BCUT2D eigenvalue weighted by Gasteiger charge is 2.38. The summed E-state index contributed by atoms with van der Waals surface area (Å²) in [6, 6.07) is 0. The summed E-state index contributed by atoms with van der Waals surface area (Å²) in [5.41, 5.74) is 0. The number of ketones is 1. The summed E-state index contributed by atoms with van der Waals surface area (Å²) in [6.07, 6.45) is 29.2. The van der Waals surface area contributed by atoms with Crippen molar-refractivity contribution < 1.29 is 42.4 Å². The van der Waals surface area contributed by atoms with Gasteiger partial charge in [-0.05, 0) is 38.5 Å². The van der Waals surface area contributed by atoms with Crippen LogP contribution in [0.3, 0.4) is 0 Å². The SMILES string of the molecule is CCCCCCCC/C=C\CCCCCCCC(=O)C(OP(=O)(O)OCC[N+](C)(C)C)[C@H](CO)OC(=O)CCCCCCCCCCCCC. The van der Waals surface area contributed by atoms with Crippen LogP contribution in [0.2, 0.25) is 0 Å². The van der Waals surface area contributed by atoms with E-state index in [1.807, 2.05) is 21.1 Å². The third-order valence-corrected chi connectivity index (χ3v) is 10.1. The van der Waals surface area contributed by atoms with Crippen molar-refractivity contribution in [1.82, 2.24) is 0 Å². The van der Waals surface area contributed by atoms with Crippen LogP contribution in [-0.4, -0.2) is 79.3 Å². The number of rotatable bonds is 37. The fourth-order valence-electron chi connectivity index (χ4n) is 5.81. The number of hydrogen-bond acceptors (Lipinski definition) is 7. The van der Waals surface area contributed by atoms with E-state index in [1.54, 1.807) is 0 Å². The predicted octanol–water partition coefficient (Wildman–Crippen LogP) is 10.4. The molecule has 50 heavy (non-hydrogen) atoms. The van der Waals surface area contributed by atoms with E-state index in [9.17, 15) is 24.2 Å². The summed E-state index contributed by atoms with van der Waals surface area (Å²) in [6.45, 7) is 4.15. The maximum atomic E-state index is 13.3. The zero-order valence-corrected chi connectivity index (χ0v) is 33.9. The maximum absolute atomic E-state index is 13.3. The van der Waals surface area contributed by atoms with Crippen LogP contribution >= 0.6 is 7.82 Å². The van der Waals surface area contributed by atoms with E-state index in [0.29, 0.717) is 23.9 Å². The lowest BCUT2D eigenvalue weighted by molar-refractivity contribution is -0.870. The van der Waals surface area contributed by atoms with Gasteiger partial charge in [0.15, 0.2) is 18.0 Å². The molecule has 0 amide bonds. The van der Waals surface area contributed by atoms with Crippen molar-refractivity contribution >= 4 is 19.6 Å². The Balaban J connectivity index is 4.72. The van der Waals surface area contributed by atoms with Crippen LogP contribution in [0.5, 0.6) is 0 Å². The molecule has 0 heterocycles. The molecular formula is C40H79NO8P+. The van der Waals surface area contributed by atoms with Crippen LogP contribution in [0.25, 0.3) is 0 Å². The Kier molecular flexibility index (Phi) is 31.8. The van der Waals surface area contributed by atoms with Crippen LogP contribution in [0, 0.1) is 0 Å². The number of Topliss-reactive ketones (excluding diaryl/α,β-unsaturated/α-hetero) is 1. The quantitative estimate of drug-likeness (QED) is 0.0213. The predicted molar refractivity (Wildman–Crippen MR) is 206 cm³/mol. The van der Waals surface area contributed by atoms with Gasteiger partial charge < -0.3 is 19.2 Å². The highest BCUT2D eigenvalue weighted by molar-refractivity contribution is 7.47. The molecular weight excluding hydrogens is 653 g/mol. The number of aliphatic hydroxyl groups is 1. The molecule has 0 spiro atoms. The van der Waals surface area contributed by atoms with Crippen LogP contribution in [0.1, 0.15) is 181 Å². The van der Waals surface area contributed by atoms with E-state index in [4.69, 9.17) is 13.8 Å². The molecule has 2 N–H and O–H groups in total. The summed E-state index contributed by atoms with van der Waals surface area (Å²) < 4.78 is 29.3. The van der Waals surface area contributed by atoms with E-state index >= 15 is 0 Å². The fraction of sp³-hybridized carbons (Fsp3) is 0.900.